The van der Waals surface area contributed by atoms with Gasteiger partial charge < -0.3 is 19.4 Å². The first-order chi connectivity index (χ1) is 20.1. The number of carbonyl (C=O) groups excluding carboxylic acids is 2. The minimum Gasteiger partial charge on any atom is -0.457 e. The number of non-ortho nitro benzene ring substituents is 1. The van der Waals surface area contributed by atoms with Crippen LogP contribution in [0.5, 0.6) is 0 Å². The van der Waals surface area contributed by atoms with Crippen LogP contribution < -0.4 is 10.9 Å². The van der Waals surface area contributed by atoms with Gasteiger partial charge >= 0.3 is 11.9 Å². The Morgan fingerprint density at radius 1 is 1.21 bits per heavy atom. The largest absolute Gasteiger partial charge is 0.457 e. The molecule has 0 bridgehead atoms. The Kier molecular flexibility index (Phi) is 6.69. The van der Waals surface area contributed by atoms with Crippen LogP contribution in [-0.4, -0.2) is 33.0 Å². The number of fused-ring (bicyclic) bond motifs is 5. The van der Waals surface area contributed by atoms with Gasteiger partial charge in [-0.05, 0) is 42.7 Å². The molecular weight excluding hydrogens is 564 g/mol. The number of hydrogen-bond donors (Lipinski definition) is 1. The molecule has 0 spiro atoms. The topological polar surface area (TPSA) is 143 Å². The van der Waals surface area contributed by atoms with E-state index in [-0.39, 0.29) is 36.4 Å². The predicted molar refractivity (Wildman–Crippen MR) is 154 cm³/mol. The van der Waals surface area contributed by atoms with Crippen molar-refractivity contribution in [2.75, 3.05) is 11.9 Å². The molecule has 0 saturated carbocycles. The van der Waals surface area contributed by atoms with Gasteiger partial charge in [-0.3, -0.25) is 19.7 Å². The Balaban J connectivity index is 1.53. The minimum absolute atomic E-state index is 0.0585. The van der Waals surface area contributed by atoms with Gasteiger partial charge in [0, 0.05) is 35.7 Å². The number of benzene rings is 2. The summed E-state index contributed by atoms with van der Waals surface area (Å²) in [4.78, 5) is 55.3. The molecule has 1 atom stereocenters. The maximum Gasteiger partial charge on any atom is 0.355 e. The molecule has 0 amide bonds. The van der Waals surface area contributed by atoms with Gasteiger partial charge in [0.25, 0.3) is 11.2 Å². The number of halogens is 1. The molecule has 1 N–H and O–H groups in total. The molecule has 2 aromatic carbocycles. The standard InChI is InChI=1S/C30H25ClN4O7/c1-3-30(42-16(2)36)21-13-24-26-19(14-34(24)28(37)20(21)15-41-29(30)38)27(32-12-11-17-7-9-18(31)10-8-17)25-22(33-26)5-4-6-23(25)35(39)40/h4-10,13H,3,11-12,14-15H2,1-2H3,(H,32,33)/t30-/m0/s1. The molecule has 42 heavy (non-hydrogen) atoms. The predicted octanol–water partition coefficient (Wildman–Crippen LogP) is 4.87. The second kappa shape index (κ2) is 10.3. The SMILES string of the molecule is CC[C@@]1(OC(C)=O)C(=O)OCc2c1cc1n(c2=O)Cc2c-1nc1cccc([N+](=O)[O-])c1c2NCCc1ccc(Cl)cc1. The Bertz CT molecular complexity index is 1870. The molecule has 6 rings (SSSR count). The van der Waals surface area contributed by atoms with Gasteiger partial charge in [-0.2, -0.15) is 0 Å². The van der Waals surface area contributed by atoms with Crippen molar-refractivity contribution in [2.24, 2.45) is 0 Å². The van der Waals surface area contributed by atoms with Gasteiger partial charge in [-0.25, -0.2) is 9.78 Å². The number of aromatic nitrogens is 2. The molecule has 0 saturated heterocycles. The summed E-state index contributed by atoms with van der Waals surface area (Å²) in [6.07, 6.45) is 0.668. The van der Waals surface area contributed by atoms with Crippen LogP contribution in [0.3, 0.4) is 0 Å². The van der Waals surface area contributed by atoms with Crippen LogP contribution in [0.15, 0.2) is 53.3 Å². The van der Waals surface area contributed by atoms with Crippen LogP contribution >= 0.6 is 11.6 Å². The highest BCUT2D eigenvalue weighted by atomic mass is 35.5. The van der Waals surface area contributed by atoms with Crippen LogP contribution in [0.1, 0.15) is 42.5 Å². The lowest BCUT2D eigenvalue weighted by Gasteiger charge is -2.35. The number of pyridine rings is 2. The average Bonchev–Trinajstić information content (AvgIpc) is 3.33. The number of carbonyl (C=O) groups is 2. The van der Waals surface area contributed by atoms with Crippen molar-refractivity contribution in [3.8, 4) is 11.4 Å². The van der Waals surface area contributed by atoms with E-state index in [1.807, 2.05) is 12.1 Å². The maximum absolute atomic E-state index is 13.8. The quantitative estimate of drug-likeness (QED) is 0.160. The lowest BCUT2D eigenvalue weighted by atomic mass is 9.85. The summed E-state index contributed by atoms with van der Waals surface area (Å²) in [5.41, 5.74) is 1.55. The van der Waals surface area contributed by atoms with Crippen molar-refractivity contribution in [3.63, 3.8) is 0 Å². The molecule has 4 aromatic rings. The van der Waals surface area contributed by atoms with E-state index in [0.29, 0.717) is 51.5 Å². The van der Waals surface area contributed by atoms with Gasteiger partial charge in [-0.15, -0.1) is 0 Å². The first-order valence-electron chi connectivity index (χ1n) is 13.4. The third kappa shape index (κ3) is 4.28. The van der Waals surface area contributed by atoms with Gasteiger partial charge in [0.15, 0.2) is 0 Å². The van der Waals surface area contributed by atoms with Crippen molar-refractivity contribution in [2.45, 2.75) is 45.4 Å². The molecule has 0 unspecified atom stereocenters. The van der Waals surface area contributed by atoms with Crippen molar-refractivity contribution in [3.05, 3.63) is 96.3 Å². The zero-order valence-corrected chi connectivity index (χ0v) is 23.5. The minimum atomic E-state index is -1.77. The number of anilines is 1. The van der Waals surface area contributed by atoms with E-state index in [1.54, 1.807) is 37.3 Å². The summed E-state index contributed by atoms with van der Waals surface area (Å²) < 4.78 is 12.4. The third-order valence-electron chi connectivity index (χ3n) is 7.80. The number of esters is 2. The summed E-state index contributed by atoms with van der Waals surface area (Å²) in [6, 6.07) is 13.7. The molecule has 4 heterocycles. The number of cyclic esters (lactones) is 1. The number of rotatable bonds is 7. The Labute approximate surface area is 244 Å². The average molecular weight is 589 g/mol. The first kappa shape index (κ1) is 27.4. The molecule has 2 aromatic heterocycles. The van der Waals surface area contributed by atoms with Crippen LogP contribution in [0.4, 0.5) is 11.4 Å². The number of nitrogens with one attached hydrogen (secondary N) is 1. The fourth-order valence-corrected chi connectivity index (χ4v) is 5.97. The molecule has 0 aliphatic carbocycles. The van der Waals surface area contributed by atoms with Crippen LogP contribution in [-0.2, 0) is 44.2 Å². The zero-order chi connectivity index (χ0) is 29.8. The summed E-state index contributed by atoms with van der Waals surface area (Å²) in [7, 11) is 0. The van der Waals surface area contributed by atoms with Crippen molar-refractivity contribution < 1.29 is 24.0 Å². The van der Waals surface area contributed by atoms with E-state index in [0.717, 1.165) is 5.56 Å². The van der Waals surface area contributed by atoms with E-state index >= 15 is 0 Å². The molecule has 0 fully saturated rings. The smallest absolute Gasteiger partial charge is 0.355 e. The molecule has 2 aliphatic rings. The van der Waals surface area contributed by atoms with Gasteiger partial charge in [0.2, 0.25) is 5.60 Å². The van der Waals surface area contributed by atoms with Gasteiger partial charge in [-0.1, -0.05) is 36.7 Å². The Morgan fingerprint density at radius 2 is 1.98 bits per heavy atom. The van der Waals surface area contributed by atoms with Crippen molar-refractivity contribution in [1.29, 1.82) is 0 Å². The number of nitrogens with zero attached hydrogens (tertiary/aromatic N) is 3. The summed E-state index contributed by atoms with van der Waals surface area (Å²) in [5.74, 6) is -1.44. The summed E-state index contributed by atoms with van der Waals surface area (Å²) >= 11 is 6.02. The zero-order valence-electron chi connectivity index (χ0n) is 22.7. The monoisotopic (exact) mass is 588 g/mol. The highest BCUT2D eigenvalue weighted by Crippen LogP contribution is 2.44. The van der Waals surface area contributed by atoms with E-state index in [9.17, 15) is 24.5 Å². The fraction of sp³-hybridized carbons (Fsp3) is 0.267. The van der Waals surface area contributed by atoms with Crippen LogP contribution in [0.25, 0.3) is 22.3 Å². The van der Waals surface area contributed by atoms with Crippen molar-refractivity contribution >= 4 is 45.8 Å². The van der Waals surface area contributed by atoms with Gasteiger partial charge in [0.1, 0.15) is 12.0 Å². The molecule has 0 radical (unpaired) electrons. The van der Waals surface area contributed by atoms with Crippen molar-refractivity contribution in [1.82, 2.24) is 9.55 Å². The lowest BCUT2D eigenvalue weighted by molar-refractivity contribution is -0.383. The highest BCUT2D eigenvalue weighted by Gasteiger charge is 2.50. The van der Waals surface area contributed by atoms with Gasteiger partial charge in [0.05, 0.1) is 39.6 Å². The molecular formula is C30H25ClN4O7. The Morgan fingerprint density at radius 3 is 2.67 bits per heavy atom. The van der Waals surface area contributed by atoms with Crippen LogP contribution in [0, 0.1) is 10.1 Å². The molecule has 11 nitrogen and oxygen atoms in total. The number of nitro groups is 1. The number of nitro benzene ring substituents is 1. The summed E-state index contributed by atoms with van der Waals surface area (Å²) in [5, 5.41) is 16.4. The number of ether oxygens (including phenoxy) is 2. The molecule has 214 valence electrons. The summed E-state index contributed by atoms with van der Waals surface area (Å²) in [6.45, 7) is 3.13. The molecule has 12 heteroatoms. The molecule has 2 aliphatic heterocycles. The fourth-order valence-electron chi connectivity index (χ4n) is 5.84. The van der Waals surface area contributed by atoms with E-state index in [1.165, 1.54) is 17.6 Å². The first-order valence-corrected chi connectivity index (χ1v) is 13.7. The van der Waals surface area contributed by atoms with E-state index < -0.39 is 28.0 Å². The van der Waals surface area contributed by atoms with E-state index in [2.05, 4.69) is 5.32 Å². The van der Waals surface area contributed by atoms with Crippen LogP contribution in [0.2, 0.25) is 5.02 Å². The lowest BCUT2D eigenvalue weighted by Crippen LogP contribution is -2.47. The highest BCUT2D eigenvalue weighted by molar-refractivity contribution is 6.30. The third-order valence-corrected chi connectivity index (χ3v) is 8.06. The maximum atomic E-state index is 13.8. The number of hydrogen-bond acceptors (Lipinski definition) is 9. The second-order valence-electron chi connectivity index (χ2n) is 10.2. The second-order valence-corrected chi connectivity index (χ2v) is 10.6. The van der Waals surface area contributed by atoms with E-state index in [4.69, 9.17) is 26.1 Å². The normalized spacial score (nSPS) is 16.8. The Hall–Kier alpha value is -4.77.